The van der Waals surface area contributed by atoms with Crippen molar-refractivity contribution in [1.29, 1.82) is 0 Å². The fourth-order valence-electron chi connectivity index (χ4n) is 2.62. The minimum absolute atomic E-state index is 0.266. The van der Waals surface area contributed by atoms with Gasteiger partial charge in [0.1, 0.15) is 0 Å². The summed E-state index contributed by atoms with van der Waals surface area (Å²) in [5.74, 6) is 0. The largest absolute Gasteiger partial charge is 0.383 e. The Kier molecular flexibility index (Phi) is 5.79. The molecule has 1 heterocycles. The monoisotopic (exact) mass is 264 g/mol. The summed E-state index contributed by atoms with van der Waals surface area (Å²) in [6, 6.07) is 10.9. The summed E-state index contributed by atoms with van der Waals surface area (Å²) in [5.41, 5.74) is 1.31. The van der Waals surface area contributed by atoms with E-state index in [9.17, 15) is 0 Å². The Bertz CT molecular complexity index is 356. The number of hydrogen-bond acceptors (Lipinski definition) is 4. The van der Waals surface area contributed by atoms with Crippen molar-refractivity contribution in [3.8, 4) is 0 Å². The fourth-order valence-corrected chi connectivity index (χ4v) is 2.62. The molecular formula is C15H24N2O2. The summed E-state index contributed by atoms with van der Waals surface area (Å²) >= 11 is 0. The van der Waals surface area contributed by atoms with Gasteiger partial charge in [-0.3, -0.25) is 4.90 Å². The van der Waals surface area contributed by atoms with Crippen LogP contribution in [0.3, 0.4) is 0 Å². The van der Waals surface area contributed by atoms with E-state index in [-0.39, 0.29) is 6.10 Å². The zero-order valence-corrected chi connectivity index (χ0v) is 11.8. The van der Waals surface area contributed by atoms with Crippen LogP contribution in [0.15, 0.2) is 30.3 Å². The van der Waals surface area contributed by atoms with Crippen molar-refractivity contribution in [2.45, 2.75) is 12.1 Å². The molecule has 1 fully saturated rings. The topological polar surface area (TPSA) is 33.7 Å². The average molecular weight is 264 g/mol. The minimum Gasteiger partial charge on any atom is -0.383 e. The van der Waals surface area contributed by atoms with Crippen LogP contribution in [0.25, 0.3) is 0 Å². The van der Waals surface area contributed by atoms with Crippen LogP contribution in [0, 0.1) is 0 Å². The van der Waals surface area contributed by atoms with Gasteiger partial charge in [0.25, 0.3) is 0 Å². The second kappa shape index (κ2) is 7.60. The minimum atomic E-state index is 0.266. The van der Waals surface area contributed by atoms with E-state index in [1.54, 1.807) is 7.11 Å². The number of likely N-dealkylation sites (N-methyl/N-ethyl adjacent to an activating group) is 1. The normalized spacial score (nSPS) is 22.3. The van der Waals surface area contributed by atoms with Crippen molar-refractivity contribution in [1.82, 2.24) is 10.2 Å². The molecule has 0 spiro atoms. The first-order valence-corrected chi connectivity index (χ1v) is 6.89. The molecule has 1 aliphatic heterocycles. The van der Waals surface area contributed by atoms with Gasteiger partial charge < -0.3 is 14.8 Å². The third-order valence-corrected chi connectivity index (χ3v) is 3.55. The molecule has 0 radical (unpaired) electrons. The SMILES string of the molecule is CNCC1CN(C(COC)c2ccccc2)CCO1. The Balaban J connectivity index is 2.06. The van der Waals surface area contributed by atoms with Crippen LogP contribution in [0.5, 0.6) is 0 Å². The summed E-state index contributed by atoms with van der Waals surface area (Å²) in [4.78, 5) is 2.46. The number of ether oxygens (including phenoxy) is 2. The molecule has 1 saturated heterocycles. The van der Waals surface area contributed by atoms with Gasteiger partial charge in [0.2, 0.25) is 0 Å². The van der Waals surface area contributed by atoms with E-state index in [2.05, 4.69) is 40.5 Å². The standard InChI is InChI=1S/C15H24N2O2/c1-16-10-14-11-17(8-9-19-14)15(12-18-2)13-6-4-3-5-7-13/h3-7,14-16H,8-12H2,1-2H3. The smallest absolute Gasteiger partial charge is 0.0826 e. The Morgan fingerprint density at radius 1 is 1.42 bits per heavy atom. The fraction of sp³-hybridized carbons (Fsp3) is 0.600. The Morgan fingerprint density at radius 3 is 2.89 bits per heavy atom. The van der Waals surface area contributed by atoms with Crippen molar-refractivity contribution < 1.29 is 9.47 Å². The number of morpholine rings is 1. The van der Waals surface area contributed by atoms with Crippen molar-refractivity contribution in [2.24, 2.45) is 0 Å². The first-order valence-electron chi connectivity index (χ1n) is 6.89. The molecular weight excluding hydrogens is 240 g/mol. The molecule has 0 bridgehead atoms. The summed E-state index contributed by atoms with van der Waals surface area (Å²) < 4.78 is 11.2. The Morgan fingerprint density at radius 2 is 2.21 bits per heavy atom. The number of nitrogens with zero attached hydrogens (tertiary/aromatic N) is 1. The second-order valence-corrected chi connectivity index (χ2v) is 4.93. The summed E-state index contributed by atoms with van der Waals surface area (Å²) in [6.07, 6.45) is 0.266. The van der Waals surface area contributed by atoms with Crippen LogP contribution in [0.4, 0.5) is 0 Å². The third-order valence-electron chi connectivity index (χ3n) is 3.55. The predicted molar refractivity (Wildman–Crippen MR) is 76.3 cm³/mol. The average Bonchev–Trinajstić information content (AvgIpc) is 2.46. The molecule has 4 nitrogen and oxygen atoms in total. The molecule has 2 rings (SSSR count). The van der Waals surface area contributed by atoms with E-state index in [0.29, 0.717) is 6.04 Å². The van der Waals surface area contributed by atoms with Gasteiger partial charge >= 0.3 is 0 Å². The molecule has 1 N–H and O–H groups in total. The lowest BCUT2D eigenvalue weighted by Crippen LogP contribution is -2.48. The van der Waals surface area contributed by atoms with Crippen molar-refractivity contribution in [2.75, 3.05) is 47.0 Å². The van der Waals surface area contributed by atoms with Crippen LogP contribution >= 0.6 is 0 Å². The van der Waals surface area contributed by atoms with Gasteiger partial charge in [-0.25, -0.2) is 0 Å². The lowest BCUT2D eigenvalue weighted by atomic mass is 10.0. The predicted octanol–water partition coefficient (Wildman–Crippen LogP) is 1.29. The maximum absolute atomic E-state index is 5.77. The van der Waals surface area contributed by atoms with E-state index in [1.165, 1.54) is 5.56 Å². The molecule has 19 heavy (non-hydrogen) atoms. The molecule has 106 valence electrons. The first kappa shape index (κ1) is 14.5. The molecule has 4 heteroatoms. The van der Waals surface area contributed by atoms with Crippen molar-refractivity contribution in [3.05, 3.63) is 35.9 Å². The molecule has 0 aliphatic carbocycles. The zero-order chi connectivity index (χ0) is 13.5. The van der Waals surface area contributed by atoms with Crippen LogP contribution < -0.4 is 5.32 Å². The van der Waals surface area contributed by atoms with E-state index in [1.807, 2.05) is 7.05 Å². The van der Waals surface area contributed by atoms with Gasteiger partial charge in [-0.15, -0.1) is 0 Å². The van der Waals surface area contributed by atoms with Crippen molar-refractivity contribution in [3.63, 3.8) is 0 Å². The summed E-state index contributed by atoms with van der Waals surface area (Å²) in [7, 11) is 3.73. The highest BCUT2D eigenvalue weighted by molar-refractivity contribution is 5.19. The molecule has 1 aliphatic rings. The molecule has 1 aromatic rings. The van der Waals surface area contributed by atoms with Crippen LogP contribution in [-0.4, -0.2) is 58.0 Å². The number of methoxy groups -OCH3 is 1. The highest BCUT2D eigenvalue weighted by atomic mass is 16.5. The maximum Gasteiger partial charge on any atom is 0.0826 e. The molecule has 0 aromatic heterocycles. The molecule has 2 unspecified atom stereocenters. The summed E-state index contributed by atoms with van der Waals surface area (Å²) in [6.45, 7) is 4.31. The first-order chi connectivity index (χ1) is 9.35. The number of nitrogens with one attached hydrogen (secondary N) is 1. The van der Waals surface area contributed by atoms with Crippen LogP contribution in [-0.2, 0) is 9.47 Å². The van der Waals surface area contributed by atoms with Gasteiger partial charge in [-0.1, -0.05) is 30.3 Å². The lowest BCUT2D eigenvalue weighted by Gasteiger charge is -2.38. The molecule has 2 atom stereocenters. The maximum atomic E-state index is 5.77. The molecule has 0 amide bonds. The number of benzene rings is 1. The Hall–Kier alpha value is -0.940. The van der Waals surface area contributed by atoms with Crippen LogP contribution in [0.1, 0.15) is 11.6 Å². The van der Waals surface area contributed by atoms with E-state index in [0.717, 1.165) is 32.8 Å². The molecule has 1 aromatic carbocycles. The van der Waals surface area contributed by atoms with Gasteiger partial charge in [0.05, 0.1) is 25.4 Å². The van der Waals surface area contributed by atoms with Crippen molar-refractivity contribution >= 4 is 0 Å². The van der Waals surface area contributed by atoms with Gasteiger partial charge in [0, 0.05) is 26.7 Å². The highest BCUT2D eigenvalue weighted by Crippen LogP contribution is 2.23. The number of rotatable bonds is 6. The van der Waals surface area contributed by atoms with E-state index < -0.39 is 0 Å². The van der Waals surface area contributed by atoms with E-state index in [4.69, 9.17) is 9.47 Å². The second-order valence-electron chi connectivity index (χ2n) is 4.93. The van der Waals surface area contributed by atoms with Gasteiger partial charge in [-0.2, -0.15) is 0 Å². The summed E-state index contributed by atoms with van der Waals surface area (Å²) in [5, 5.41) is 3.19. The zero-order valence-electron chi connectivity index (χ0n) is 11.8. The quantitative estimate of drug-likeness (QED) is 0.839. The third kappa shape index (κ3) is 4.01. The van der Waals surface area contributed by atoms with Crippen LogP contribution in [0.2, 0.25) is 0 Å². The van der Waals surface area contributed by atoms with Gasteiger partial charge in [0.15, 0.2) is 0 Å². The van der Waals surface area contributed by atoms with E-state index >= 15 is 0 Å². The molecule has 0 saturated carbocycles. The number of hydrogen-bond donors (Lipinski definition) is 1. The highest BCUT2D eigenvalue weighted by Gasteiger charge is 2.26. The Labute approximate surface area is 115 Å². The lowest BCUT2D eigenvalue weighted by molar-refractivity contribution is -0.0525. The van der Waals surface area contributed by atoms with Gasteiger partial charge in [-0.05, 0) is 12.6 Å².